The average molecular weight is 347 g/mol. The maximum atomic E-state index is 11.1. The second-order valence-electron chi connectivity index (χ2n) is 6.62. The molecule has 0 saturated heterocycles. The predicted octanol–water partition coefficient (Wildman–Crippen LogP) is 5.20. The number of ether oxygens (including phenoxy) is 1. The zero-order valence-corrected chi connectivity index (χ0v) is 15.4. The molecule has 3 heteroatoms. The summed E-state index contributed by atoms with van der Waals surface area (Å²) in [5.74, 6) is 0.807. The van der Waals surface area contributed by atoms with E-state index in [-0.39, 0.29) is 6.04 Å². The van der Waals surface area contributed by atoms with Gasteiger partial charge in [-0.2, -0.15) is 0 Å². The second-order valence-corrected chi connectivity index (χ2v) is 6.62. The van der Waals surface area contributed by atoms with E-state index in [0.29, 0.717) is 0 Å². The van der Waals surface area contributed by atoms with E-state index in [1.165, 1.54) is 11.1 Å². The molecule has 0 bridgehead atoms. The maximum absolute atomic E-state index is 11.1. The highest BCUT2D eigenvalue weighted by atomic mass is 16.5. The molecule has 0 heterocycles. The molecule has 3 aromatic carbocycles. The molecule has 0 aliphatic heterocycles. The maximum Gasteiger partial charge on any atom is 0.119 e. The molecule has 2 N–H and O–H groups in total. The molecule has 2 atom stereocenters. The Morgan fingerprint density at radius 2 is 1.23 bits per heavy atom. The van der Waals surface area contributed by atoms with Crippen LogP contribution < -0.4 is 10.1 Å². The fourth-order valence-corrected chi connectivity index (χ4v) is 2.94. The number of aryl methyl sites for hydroxylation is 2. The highest BCUT2D eigenvalue weighted by Crippen LogP contribution is 2.33. The Hall–Kier alpha value is -2.78. The number of anilines is 1. The van der Waals surface area contributed by atoms with Crippen molar-refractivity contribution in [3.63, 3.8) is 0 Å². The summed E-state index contributed by atoms with van der Waals surface area (Å²) in [6.45, 7) is 4.11. The first-order chi connectivity index (χ1) is 12.6. The van der Waals surface area contributed by atoms with Gasteiger partial charge >= 0.3 is 0 Å². The Labute approximate surface area is 155 Å². The summed E-state index contributed by atoms with van der Waals surface area (Å²) in [7, 11) is 1.65. The fraction of sp³-hybridized carbons (Fsp3) is 0.217. The van der Waals surface area contributed by atoms with Crippen LogP contribution in [0.3, 0.4) is 0 Å². The Bertz CT molecular complexity index is 824. The monoisotopic (exact) mass is 347 g/mol. The van der Waals surface area contributed by atoms with Gasteiger partial charge in [-0.3, -0.25) is 0 Å². The second kappa shape index (κ2) is 8.07. The summed E-state index contributed by atoms with van der Waals surface area (Å²) in [5.41, 5.74) is 5.24. The summed E-state index contributed by atoms with van der Waals surface area (Å²) >= 11 is 0. The molecule has 0 spiro atoms. The van der Waals surface area contributed by atoms with Crippen LogP contribution >= 0.6 is 0 Å². The van der Waals surface area contributed by atoms with E-state index in [9.17, 15) is 5.11 Å². The van der Waals surface area contributed by atoms with Crippen LogP contribution in [0.5, 0.6) is 5.75 Å². The van der Waals surface area contributed by atoms with Crippen LogP contribution in [0.25, 0.3) is 0 Å². The Morgan fingerprint density at radius 1 is 0.731 bits per heavy atom. The lowest BCUT2D eigenvalue weighted by Gasteiger charge is -2.26. The summed E-state index contributed by atoms with van der Waals surface area (Å²) in [6, 6.07) is 23.8. The molecule has 26 heavy (non-hydrogen) atoms. The molecule has 0 aliphatic rings. The highest BCUT2D eigenvalue weighted by Gasteiger charge is 2.22. The summed E-state index contributed by atoms with van der Waals surface area (Å²) in [6.07, 6.45) is -0.666. The number of hydrogen-bond donors (Lipinski definition) is 2. The lowest BCUT2D eigenvalue weighted by Crippen LogP contribution is -2.19. The molecular formula is C23H25NO2. The number of rotatable bonds is 6. The molecule has 3 nitrogen and oxygen atoms in total. The van der Waals surface area contributed by atoms with Crippen molar-refractivity contribution in [3.8, 4) is 5.75 Å². The number of benzene rings is 3. The zero-order chi connectivity index (χ0) is 18.5. The fourth-order valence-electron chi connectivity index (χ4n) is 2.94. The van der Waals surface area contributed by atoms with Crippen molar-refractivity contribution in [1.82, 2.24) is 0 Å². The average Bonchev–Trinajstić information content (AvgIpc) is 2.67. The van der Waals surface area contributed by atoms with Gasteiger partial charge in [-0.25, -0.2) is 0 Å². The number of nitrogens with one attached hydrogen (secondary N) is 1. The van der Waals surface area contributed by atoms with Gasteiger partial charge in [0.15, 0.2) is 0 Å². The van der Waals surface area contributed by atoms with Crippen molar-refractivity contribution in [1.29, 1.82) is 0 Å². The lowest BCUT2D eigenvalue weighted by molar-refractivity contribution is 0.155. The third-order valence-corrected chi connectivity index (χ3v) is 4.58. The predicted molar refractivity (Wildman–Crippen MR) is 107 cm³/mol. The van der Waals surface area contributed by atoms with Crippen LogP contribution in [0.2, 0.25) is 0 Å². The van der Waals surface area contributed by atoms with Gasteiger partial charge in [-0.05, 0) is 49.2 Å². The van der Waals surface area contributed by atoms with Crippen molar-refractivity contribution in [2.45, 2.75) is 26.0 Å². The SMILES string of the molecule is COc1ccc(NC(c2ccc(C)cc2)C(O)c2ccc(C)cc2)cc1. The van der Waals surface area contributed by atoms with Gasteiger partial charge in [0.05, 0.1) is 13.2 Å². The van der Waals surface area contributed by atoms with E-state index in [1.807, 2.05) is 55.5 Å². The van der Waals surface area contributed by atoms with Gasteiger partial charge in [0.25, 0.3) is 0 Å². The van der Waals surface area contributed by atoms with Crippen molar-refractivity contribution in [3.05, 3.63) is 95.1 Å². The highest BCUT2D eigenvalue weighted by molar-refractivity contribution is 5.49. The summed E-state index contributed by atoms with van der Waals surface area (Å²) in [4.78, 5) is 0. The number of hydrogen-bond acceptors (Lipinski definition) is 3. The quantitative estimate of drug-likeness (QED) is 0.644. The third kappa shape index (κ3) is 4.24. The van der Waals surface area contributed by atoms with Gasteiger partial charge < -0.3 is 15.2 Å². The van der Waals surface area contributed by atoms with Crippen LogP contribution in [0.4, 0.5) is 5.69 Å². The van der Waals surface area contributed by atoms with E-state index >= 15 is 0 Å². The Morgan fingerprint density at radius 3 is 1.73 bits per heavy atom. The Balaban J connectivity index is 1.92. The van der Waals surface area contributed by atoms with Crippen LogP contribution in [-0.2, 0) is 0 Å². The van der Waals surface area contributed by atoms with E-state index in [1.54, 1.807) is 7.11 Å². The molecule has 0 aromatic heterocycles. The first kappa shape index (κ1) is 18.0. The van der Waals surface area contributed by atoms with Gasteiger partial charge in [-0.15, -0.1) is 0 Å². The van der Waals surface area contributed by atoms with Crippen LogP contribution in [-0.4, -0.2) is 12.2 Å². The molecular weight excluding hydrogens is 322 g/mol. The van der Waals surface area contributed by atoms with Crippen molar-refractivity contribution in [2.24, 2.45) is 0 Å². The van der Waals surface area contributed by atoms with Crippen LogP contribution in [0.15, 0.2) is 72.8 Å². The molecule has 0 aliphatic carbocycles. The van der Waals surface area contributed by atoms with Gasteiger partial charge in [0.1, 0.15) is 11.9 Å². The normalized spacial score (nSPS) is 13.1. The molecule has 0 saturated carbocycles. The minimum atomic E-state index is -0.666. The number of aliphatic hydroxyl groups excluding tert-OH is 1. The number of aliphatic hydroxyl groups is 1. The Kier molecular flexibility index (Phi) is 5.59. The van der Waals surface area contributed by atoms with Crippen LogP contribution in [0, 0.1) is 13.8 Å². The van der Waals surface area contributed by atoms with Crippen molar-refractivity contribution >= 4 is 5.69 Å². The largest absolute Gasteiger partial charge is 0.497 e. The van der Waals surface area contributed by atoms with Crippen molar-refractivity contribution < 1.29 is 9.84 Å². The molecule has 0 amide bonds. The topological polar surface area (TPSA) is 41.5 Å². The zero-order valence-electron chi connectivity index (χ0n) is 15.4. The van der Waals surface area contributed by atoms with Crippen molar-refractivity contribution in [2.75, 3.05) is 12.4 Å². The van der Waals surface area contributed by atoms with Gasteiger partial charge in [0, 0.05) is 5.69 Å². The molecule has 3 rings (SSSR count). The summed E-state index contributed by atoms with van der Waals surface area (Å²) in [5, 5.41) is 14.5. The van der Waals surface area contributed by atoms with E-state index in [0.717, 1.165) is 22.6 Å². The van der Waals surface area contributed by atoms with Gasteiger partial charge in [-0.1, -0.05) is 59.7 Å². The lowest BCUT2D eigenvalue weighted by atomic mass is 9.94. The third-order valence-electron chi connectivity index (χ3n) is 4.58. The molecule has 3 aromatic rings. The van der Waals surface area contributed by atoms with Crippen LogP contribution in [0.1, 0.15) is 34.4 Å². The molecule has 134 valence electrons. The number of methoxy groups -OCH3 is 1. The summed E-state index contributed by atoms with van der Waals surface area (Å²) < 4.78 is 5.22. The minimum Gasteiger partial charge on any atom is -0.497 e. The molecule has 2 unspecified atom stereocenters. The van der Waals surface area contributed by atoms with E-state index in [2.05, 4.69) is 36.5 Å². The standard InChI is InChI=1S/C23H25NO2/c1-16-4-8-18(9-5-16)22(23(25)19-10-6-17(2)7-11-19)24-20-12-14-21(26-3)15-13-20/h4-15,22-25H,1-3H3. The molecule has 0 radical (unpaired) electrons. The smallest absolute Gasteiger partial charge is 0.119 e. The molecule has 0 fully saturated rings. The van der Waals surface area contributed by atoms with E-state index in [4.69, 9.17) is 4.74 Å². The first-order valence-electron chi connectivity index (χ1n) is 8.78. The van der Waals surface area contributed by atoms with E-state index < -0.39 is 6.10 Å². The minimum absolute atomic E-state index is 0.258. The van der Waals surface area contributed by atoms with Gasteiger partial charge in [0.2, 0.25) is 0 Å². The first-order valence-corrected chi connectivity index (χ1v) is 8.78.